The van der Waals surface area contributed by atoms with Gasteiger partial charge in [-0.3, -0.25) is 24.2 Å². The minimum absolute atomic E-state index is 0.100. The summed E-state index contributed by atoms with van der Waals surface area (Å²) < 4.78 is 5.33. The predicted molar refractivity (Wildman–Crippen MR) is 96.0 cm³/mol. The van der Waals surface area contributed by atoms with Crippen LogP contribution in [0.4, 0.5) is 0 Å². The van der Waals surface area contributed by atoms with E-state index in [1.807, 2.05) is 13.0 Å². The van der Waals surface area contributed by atoms with Crippen LogP contribution >= 0.6 is 0 Å². The lowest BCUT2D eigenvalue weighted by Crippen LogP contribution is -2.47. The molecule has 1 atom stereocenters. The van der Waals surface area contributed by atoms with Gasteiger partial charge < -0.3 is 10.1 Å². The number of hydrogen-bond acceptors (Lipinski definition) is 5. The minimum atomic E-state index is -0.320. The minimum Gasteiger partial charge on any atom is -0.379 e. The van der Waals surface area contributed by atoms with Crippen molar-refractivity contribution in [3.63, 3.8) is 0 Å². The number of rotatable bonds is 6. The molecule has 26 heavy (non-hydrogen) atoms. The van der Waals surface area contributed by atoms with E-state index < -0.39 is 0 Å². The van der Waals surface area contributed by atoms with Gasteiger partial charge in [-0.2, -0.15) is 0 Å². The zero-order valence-electron chi connectivity index (χ0n) is 15.3. The van der Waals surface area contributed by atoms with Gasteiger partial charge >= 0.3 is 0 Å². The van der Waals surface area contributed by atoms with E-state index in [0.717, 1.165) is 36.8 Å². The van der Waals surface area contributed by atoms with Crippen molar-refractivity contribution in [2.45, 2.75) is 26.3 Å². The molecule has 3 amide bonds. The van der Waals surface area contributed by atoms with Crippen LogP contribution in [0.3, 0.4) is 0 Å². The molecule has 140 valence electrons. The zero-order chi connectivity index (χ0) is 18.7. The monoisotopic (exact) mass is 359 g/mol. The molecular weight excluding hydrogens is 334 g/mol. The van der Waals surface area contributed by atoms with E-state index in [-0.39, 0.29) is 36.7 Å². The summed E-state index contributed by atoms with van der Waals surface area (Å²) in [5, 5.41) is 2.89. The Labute approximate surface area is 153 Å². The van der Waals surface area contributed by atoms with Gasteiger partial charge in [0.2, 0.25) is 5.91 Å². The Morgan fingerprint density at radius 2 is 1.88 bits per heavy atom. The van der Waals surface area contributed by atoms with Crippen LogP contribution in [-0.2, 0) is 9.53 Å². The number of benzene rings is 1. The highest BCUT2D eigenvalue weighted by Gasteiger charge is 2.35. The van der Waals surface area contributed by atoms with Crippen molar-refractivity contribution >= 4 is 17.7 Å². The number of amides is 3. The third-order valence-electron chi connectivity index (χ3n) is 4.95. The number of fused-ring (bicyclic) bond motifs is 1. The smallest absolute Gasteiger partial charge is 0.261 e. The average Bonchev–Trinajstić information content (AvgIpc) is 2.88. The Hall–Kier alpha value is -2.25. The summed E-state index contributed by atoms with van der Waals surface area (Å²) in [6, 6.07) is 5.44. The van der Waals surface area contributed by atoms with Crippen LogP contribution in [0, 0.1) is 6.92 Å². The van der Waals surface area contributed by atoms with Crippen molar-refractivity contribution in [2.75, 3.05) is 39.4 Å². The number of carbonyl (C=O) groups is 3. The first-order valence-corrected chi connectivity index (χ1v) is 9.02. The molecular formula is C19H25N3O4. The lowest BCUT2D eigenvalue weighted by atomic mass is 10.1. The Balaban J connectivity index is 1.47. The van der Waals surface area contributed by atoms with Crippen LogP contribution in [0.1, 0.15) is 39.6 Å². The van der Waals surface area contributed by atoms with Gasteiger partial charge in [-0.05, 0) is 26.0 Å². The van der Waals surface area contributed by atoms with E-state index in [2.05, 4.69) is 17.1 Å². The van der Waals surface area contributed by atoms with Crippen molar-refractivity contribution in [2.24, 2.45) is 0 Å². The number of morpholine rings is 1. The summed E-state index contributed by atoms with van der Waals surface area (Å²) in [4.78, 5) is 40.3. The highest BCUT2D eigenvalue weighted by molar-refractivity contribution is 6.21. The molecule has 2 heterocycles. The Morgan fingerprint density at radius 1 is 1.19 bits per heavy atom. The van der Waals surface area contributed by atoms with Gasteiger partial charge in [0.15, 0.2) is 0 Å². The third kappa shape index (κ3) is 3.94. The van der Waals surface area contributed by atoms with E-state index >= 15 is 0 Å². The maximum atomic E-state index is 12.4. The lowest BCUT2D eigenvalue weighted by molar-refractivity contribution is -0.121. The molecule has 1 fully saturated rings. The van der Waals surface area contributed by atoms with E-state index in [9.17, 15) is 14.4 Å². The standard InChI is InChI=1S/C19H25N3O4/c1-13-3-4-15-16(11-13)19(25)22(18(15)24)6-5-17(23)20-12-14(2)21-7-9-26-10-8-21/h3-4,11,14H,5-10,12H2,1-2H3,(H,20,23). The number of carbonyl (C=O) groups excluding carboxylic acids is 3. The number of ether oxygens (including phenoxy) is 1. The molecule has 2 aliphatic heterocycles. The second-order valence-corrected chi connectivity index (χ2v) is 6.86. The number of nitrogens with one attached hydrogen (secondary N) is 1. The van der Waals surface area contributed by atoms with E-state index in [4.69, 9.17) is 4.74 Å². The molecule has 0 bridgehead atoms. The quantitative estimate of drug-likeness (QED) is 0.761. The zero-order valence-corrected chi connectivity index (χ0v) is 15.3. The molecule has 7 nitrogen and oxygen atoms in total. The van der Waals surface area contributed by atoms with Gasteiger partial charge in [0, 0.05) is 38.6 Å². The molecule has 0 aromatic heterocycles. The Kier molecular flexibility index (Phi) is 5.68. The Morgan fingerprint density at radius 3 is 2.62 bits per heavy atom. The summed E-state index contributed by atoms with van der Waals surface area (Å²) in [6.45, 7) is 7.76. The van der Waals surface area contributed by atoms with Crippen molar-refractivity contribution < 1.29 is 19.1 Å². The molecule has 1 saturated heterocycles. The molecule has 3 rings (SSSR count). The number of aryl methyl sites for hydroxylation is 1. The molecule has 1 unspecified atom stereocenters. The van der Waals surface area contributed by atoms with Crippen LogP contribution < -0.4 is 5.32 Å². The van der Waals surface area contributed by atoms with Crippen molar-refractivity contribution in [3.05, 3.63) is 34.9 Å². The predicted octanol–water partition coefficient (Wildman–Crippen LogP) is 0.818. The third-order valence-corrected chi connectivity index (χ3v) is 4.95. The van der Waals surface area contributed by atoms with Crippen molar-refractivity contribution in [1.82, 2.24) is 15.1 Å². The SMILES string of the molecule is Cc1ccc2c(c1)C(=O)N(CCC(=O)NCC(C)N1CCOCC1)C2=O. The highest BCUT2D eigenvalue weighted by atomic mass is 16.5. The maximum absolute atomic E-state index is 12.4. The lowest BCUT2D eigenvalue weighted by Gasteiger charge is -2.32. The summed E-state index contributed by atoms with van der Waals surface area (Å²) in [5.74, 6) is -0.791. The van der Waals surface area contributed by atoms with Crippen LogP contribution in [0.5, 0.6) is 0 Å². The molecule has 1 aromatic rings. The van der Waals surface area contributed by atoms with Gasteiger partial charge in [0.25, 0.3) is 11.8 Å². The molecule has 0 radical (unpaired) electrons. The summed E-state index contributed by atoms with van der Waals surface area (Å²) in [5.41, 5.74) is 1.78. The van der Waals surface area contributed by atoms with Gasteiger partial charge in [-0.1, -0.05) is 11.6 Å². The van der Waals surface area contributed by atoms with E-state index in [1.165, 1.54) is 0 Å². The first kappa shape index (κ1) is 18.5. The second-order valence-electron chi connectivity index (χ2n) is 6.86. The fourth-order valence-electron chi connectivity index (χ4n) is 3.32. The first-order valence-electron chi connectivity index (χ1n) is 9.02. The largest absolute Gasteiger partial charge is 0.379 e. The molecule has 0 aliphatic carbocycles. The summed E-state index contributed by atoms with van der Waals surface area (Å²) >= 11 is 0. The topological polar surface area (TPSA) is 79.0 Å². The van der Waals surface area contributed by atoms with E-state index in [0.29, 0.717) is 17.7 Å². The first-order chi connectivity index (χ1) is 12.5. The summed E-state index contributed by atoms with van der Waals surface area (Å²) in [6.07, 6.45) is 0.111. The van der Waals surface area contributed by atoms with Crippen LogP contribution in [-0.4, -0.2) is 73.0 Å². The van der Waals surface area contributed by atoms with Gasteiger partial charge in [-0.25, -0.2) is 0 Å². The van der Waals surface area contributed by atoms with Gasteiger partial charge in [0.1, 0.15) is 0 Å². The highest BCUT2D eigenvalue weighted by Crippen LogP contribution is 2.23. The number of hydrogen-bond donors (Lipinski definition) is 1. The fraction of sp³-hybridized carbons (Fsp3) is 0.526. The maximum Gasteiger partial charge on any atom is 0.261 e. The molecule has 1 aromatic carbocycles. The molecule has 0 saturated carbocycles. The van der Waals surface area contributed by atoms with Gasteiger partial charge in [-0.15, -0.1) is 0 Å². The number of nitrogens with zero attached hydrogens (tertiary/aromatic N) is 2. The normalized spacial score (nSPS) is 18.8. The average molecular weight is 359 g/mol. The number of imide groups is 1. The van der Waals surface area contributed by atoms with Gasteiger partial charge in [0.05, 0.1) is 24.3 Å². The van der Waals surface area contributed by atoms with Crippen molar-refractivity contribution in [1.29, 1.82) is 0 Å². The molecule has 0 spiro atoms. The Bertz CT molecular complexity index is 713. The van der Waals surface area contributed by atoms with Crippen LogP contribution in [0.2, 0.25) is 0 Å². The molecule has 7 heteroatoms. The summed E-state index contributed by atoms with van der Waals surface area (Å²) in [7, 11) is 0. The van der Waals surface area contributed by atoms with Crippen LogP contribution in [0.25, 0.3) is 0 Å². The van der Waals surface area contributed by atoms with Crippen molar-refractivity contribution in [3.8, 4) is 0 Å². The second kappa shape index (κ2) is 7.97. The van der Waals surface area contributed by atoms with Crippen LogP contribution in [0.15, 0.2) is 18.2 Å². The molecule has 2 aliphatic rings. The molecule has 1 N–H and O–H groups in total. The fourth-order valence-corrected chi connectivity index (χ4v) is 3.32. The van der Waals surface area contributed by atoms with E-state index in [1.54, 1.807) is 12.1 Å².